The van der Waals surface area contributed by atoms with Crippen LogP contribution in [0.3, 0.4) is 0 Å². The molecule has 0 bridgehead atoms. The van der Waals surface area contributed by atoms with E-state index in [0.29, 0.717) is 21.6 Å². The predicted molar refractivity (Wildman–Crippen MR) is 76.8 cm³/mol. The van der Waals surface area contributed by atoms with Gasteiger partial charge in [-0.3, -0.25) is 5.32 Å². The fraction of sp³-hybridized carbons (Fsp3) is 0.0769. The number of H-pyrrole nitrogens is 1. The number of aromatic nitrogens is 1. The van der Waals surface area contributed by atoms with Crippen LogP contribution in [0.25, 0.3) is 0 Å². The molecule has 2 amide bonds. The van der Waals surface area contributed by atoms with E-state index in [1.807, 2.05) is 19.1 Å². The molecular weight excluding hydrogens is 285 g/mol. The lowest BCUT2D eigenvalue weighted by Gasteiger charge is -2.04. The van der Waals surface area contributed by atoms with Gasteiger partial charge in [0.1, 0.15) is 0 Å². The van der Waals surface area contributed by atoms with Crippen molar-refractivity contribution < 1.29 is 9.78 Å². The summed E-state index contributed by atoms with van der Waals surface area (Å²) >= 11 is 11.7. The highest BCUT2D eigenvalue weighted by Crippen LogP contribution is 2.25. The number of urea groups is 1. The topological polar surface area (TPSA) is 55.3 Å². The molecular formula is C13H12Cl2N3O+. The molecule has 2 aromatic rings. The second-order valence-corrected chi connectivity index (χ2v) is 4.75. The molecule has 0 saturated carbocycles. The Labute approximate surface area is 120 Å². The van der Waals surface area contributed by atoms with Gasteiger partial charge < -0.3 is 0 Å². The van der Waals surface area contributed by atoms with Gasteiger partial charge >= 0.3 is 6.03 Å². The van der Waals surface area contributed by atoms with E-state index in [4.69, 9.17) is 23.2 Å². The maximum atomic E-state index is 11.8. The van der Waals surface area contributed by atoms with E-state index in [1.165, 1.54) is 0 Å². The highest BCUT2D eigenvalue weighted by atomic mass is 35.5. The van der Waals surface area contributed by atoms with Crippen molar-refractivity contribution >= 4 is 40.7 Å². The largest absolute Gasteiger partial charge is 0.411 e. The number of anilines is 2. The van der Waals surface area contributed by atoms with Crippen LogP contribution >= 0.6 is 23.2 Å². The second kappa shape index (κ2) is 5.91. The van der Waals surface area contributed by atoms with Gasteiger partial charge in [0.15, 0.2) is 0 Å². The Morgan fingerprint density at radius 2 is 1.95 bits per heavy atom. The molecule has 0 unspecified atom stereocenters. The zero-order valence-corrected chi connectivity index (χ0v) is 11.6. The summed E-state index contributed by atoms with van der Waals surface area (Å²) in [6, 6.07) is 8.28. The molecule has 2 rings (SSSR count). The van der Waals surface area contributed by atoms with Crippen LogP contribution in [-0.4, -0.2) is 6.03 Å². The lowest BCUT2D eigenvalue weighted by Crippen LogP contribution is -2.24. The maximum Gasteiger partial charge on any atom is 0.411 e. The number of nitrogens with one attached hydrogen (secondary N) is 3. The van der Waals surface area contributed by atoms with Crippen LogP contribution in [0.2, 0.25) is 10.0 Å². The highest BCUT2D eigenvalue weighted by Gasteiger charge is 2.12. The Morgan fingerprint density at radius 1 is 1.16 bits per heavy atom. The van der Waals surface area contributed by atoms with Gasteiger partial charge in [-0.05, 0) is 37.3 Å². The minimum atomic E-state index is -0.357. The molecule has 0 radical (unpaired) electrons. The highest BCUT2D eigenvalue weighted by molar-refractivity contribution is 6.42. The monoisotopic (exact) mass is 296 g/mol. The third-order valence-electron chi connectivity index (χ3n) is 2.48. The first-order valence-electron chi connectivity index (χ1n) is 5.56. The van der Waals surface area contributed by atoms with Gasteiger partial charge in [-0.15, -0.1) is 0 Å². The van der Waals surface area contributed by atoms with Gasteiger partial charge in [0.05, 0.1) is 16.2 Å². The standard InChI is InChI=1S/C13H11Cl2N3O/c1-8-3-2-6-16-12(8)18-13(19)17-9-4-5-10(14)11(15)7-9/h2-7H,1H3,(H2,16,17,18,19)/p+1. The van der Waals surface area contributed by atoms with E-state index in [1.54, 1.807) is 24.4 Å². The molecule has 6 heteroatoms. The lowest BCUT2D eigenvalue weighted by molar-refractivity contribution is -0.361. The summed E-state index contributed by atoms with van der Waals surface area (Å²) in [5.74, 6) is 0.639. The van der Waals surface area contributed by atoms with E-state index in [2.05, 4.69) is 15.6 Å². The van der Waals surface area contributed by atoms with Crippen LogP contribution in [0, 0.1) is 6.92 Å². The van der Waals surface area contributed by atoms with Gasteiger partial charge in [-0.1, -0.05) is 23.2 Å². The third kappa shape index (κ3) is 3.59. The van der Waals surface area contributed by atoms with Crippen molar-refractivity contribution in [3.63, 3.8) is 0 Å². The predicted octanol–water partition coefficient (Wildman–Crippen LogP) is 3.76. The van der Waals surface area contributed by atoms with Gasteiger partial charge in [0.25, 0.3) is 5.82 Å². The van der Waals surface area contributed by atoms with Gasteiger partial charge in [-0.25, -0.2) is 9.78 Å². The van der Waals surface area contributed by atoms with E-state index >= 15 is 0 Å². The Bertz CT molecular complexity index is 617. The van der Waals surface area contributed by atoms with E-state index in [0.717, 1.165) is 5.56 Å². The van der Waals surface area contributed by atoms with E-state index < -0.39 is 0 Å². The van der Waals surface area contributed by atoms with Crippen LogP contribution in [0.4, 0.5) is 16.3 Å². The van der Waals surface area contributed by atoms with Gasteiger partial charge in [0, 0.05) is 11.3 Å². The summed E-state index contributed by atoms with van der Waals surface area (Å²) < 4.78 is 0. The Balaban J connectivity index is 2.05. The van der Waals surface area contributed by atoms with Crippen LogP contribution in [-0.2, 0) is 0 Å². The smallest absolute Gasteiger partial charge is 0.288 e. The lowest BCUT2D eigenvalue weighted by atomic mass is 10.3. The van der Waals surface area contributed by atoms with Crippen molar-refractivity contribution in [2.75, 3.05) is 10.6 Å². The van der Waals surface area contributed by atoms with Crippen molar-refractivity contribution in [3.05, 3.63) is 52.1 Å². The zero-order valence-electron chi connectivity index (χ0n) is 10.1. The first-order valence-corrected chi connectivity index (χ1v) is 6.32. The minimum Gasteiger partial charge on any atom is -0.288 e. The maximum absolute atomic E-state index is 11.8. The number of amides is 2. The second-order valence-electron chi connectivity index (χ2n) is 3.94. The third-order valence-corrected chi connectivity index (χ3v) is 3.22. The van der Waals surface area contributed by atoms with Crippen molar-refractivity contribution in [1.29, 1.82) is 0 Å². The number of pyridine rings is 1. The normalized spacial score (nSPS) is 10.1. The zero-order chi connectivity index (χ0) is 13.8. The summed E-state index contributed by atoms with van der Waals surface area (Å²) in [6.45, 7) is 1.89. The molecule has 3 N–H and O–H groups in total. The molecule has 0 aliphatic rings. The number of aryl methyl sites for hydroxylation is 1. The molecule has 1 aromatic heterocycles. The first kappa shape index (κ1) is 13.6. The van der Waals surface area contributed by atoms with Crippen LogP contribution in [0.15, 0.2) is 36.5 Å². The molecule has 1 aromatic carbocycles. The summed E-state index contributed by atoms with van der Waals surface area (Å²) in [5.41, 5.74) is 1.51. The number of carbonyl (C=O) groups is 1. The molecule has 0 aliphatic heterocycles. The first-order chi connectivity index (χ1) is 9.06. The summed E-state index contributed by atoms with van der Waals surface area (Å²) in [6.07, 6.45) is 1.74. The van der Waals surface area contributed by atoms with Crippen molar-refractivity contribution in [2.45, 2.75) is 6.92 Å². The number of aromatic amines is 1. The average Bonchev–Trinajstić information content (AvgIpc) is 2.37. The fourth-order valence-corrected chi connectivity index (χ4v) is 1.80. The Morgan fingerprint density at radius 3 is 2.63 bits per heavy atom. The van der Waals surface area contributed by atoms with E-state index in [9.17, 15) is 4.79 Å². The summed E-state index contributed by atoms with van der Waals surface area (Å²) in [7, 11) is 0. The number of carbonyl (C=O) groups excluding carboxylic acids is 1. The van der Waals surface area contributed by atoms with Crippen LogP contribution < -0.4 is 15.6 Å². The Kier molecular flexibility index (Phi) is 4.24. The van der Waals surface area contributed by atoms with Gasteiger partial charge in [0.2, 0.25) is 0 Å². The molecule has 0 spiro atoms. The van der Waals surface area contributed by atoms with Crippen molar-refractivity contribution in [3.8, 4) is 0 Å². The summed E-state index contributed by atoms with van der Waals surface area (Å²) in [5, 5.41) is 6.22. The van der Waals surface area contributed by atoms with Gasteiger partial charge in [-0.2, -0.15) is 5.32 Å². The molecule has 19 heavy (non-hydrogen) atoms. The van der Waals surface area contributed by atoms with E-state index in [-0.39, 0.29) is 6.03 Å². The SMILES string of the molecule is Cc1ccc[nH+]c1NC(=O)Nc1ccc(Cl)c(Cl)c1. The number of rotatable bonds is 2. The molecule has 0 atom stereocenters. The van der Waals surface area contributed by atoms with Crippen molar-refractivity contribution in [2.24, 2.45) is 0 Å². The number of hydrogen-bond acceptors (Lipinski definition) is 1. The number of halogens is 2. The molecule has 0 fully saturated rings. The number of hydrogen-bond donors (Lipinski definition) is 2. The van der Waals surface area contributed by atoms with Crippen molar-refractivity contribution in [1.82, 2.24) is 0 Å². The molecule has 98 valence electrons. The number of benzene rings is 1. The molecule has 0 aliphatic carbocycles. The minimum absolute atomic E-state index is 0.357. The Hall–Kier alpha value is -1.78. The molecule has 4 nitrogen and oxygen atoms in total. The van der Waals surface area contributed by atoms with Crippen LogP contribution in [0.5, 0.6) is 0 Å². The average molecular weight is 297 g/mol. The quantitative estimate of drug-likeness (QED) is 0.871. The molecule has 1 heterocycles. The molecule has 0 saturated heterocycles. The fourth-order valence-electron chi connectivity index (χ4n) is 1.51. The van der Waals surface area contributed by atoms with Crippen LogP contribution in [0.1, 0.15) is 5.56 Å². The summed E-state index contributed by atoms with van der Waals surface area (Å²) in [4.78, 5) is 14.8.